The second-order valence-electron chi connectivity index (χ2n) is 7.53. The molecule has 11 heteroatoms. The van der Waals surface area contributed by atoms with E-state index in [1.165, 1.54) is 11.4 Å². The SMILES string of the molecule is C[C@@H](Oc1ccc(N(C)S(C)(=O)=O)cc1)C(=O)N1CCN(S(=O)(=O)c2ccccc2)CC1. The normalized spacial score (nSPS) is 16.4. The first-order chi connectivity index (χ1) is 15.0. The van der Waals surface area contributed by atoms with Crippen LogP contribution in [0.2, 0.25) is 0 Å². The Balaban J connectivity index is 1.57. The maximum atomic E-state index is 12.8. The van der Waals surface area contributed by atoms with E-state index in [2.05, 4.69) is 0 Å². The van der Waals surface area contributed by atoms with Crippen LogP contribution >= 0.6 is 0 Å². The van der Waals surface area contributed by atoms with Crippen LogP contribution in [0.4, 0.5) is 5.69 Å². The van der Waals surface area contributed by atoms with Crippen LogP contribution in [0.3, 0.4) is 0 Å². The van der Waals surface area contributed by atoms with E-state index in [-0.39, 0.29) is 37.0 Å². The van der Waals surface area contributed by atoms with Gasteiger partial charge in [-0.1, -0.05) is 18.2 Å². The van der Waals surface area contributed by atoms with E-state index >= 15 is 0 Å². The van der Waals surface area contributed by atoms with Crippen molar-refractivity contribution in [2.24, 2.45) is 0 Å². The summed E-state index contributed by atoms with van der Waals surface area (Å²) < 4.78 is 57.0. The molecule has 1 saturated heterocycles. The highest BCUT2D eigenvalue weighted by Crippen LogP contribution is 2.22. The first-order valence-corrected chi connectivity index (χ1v) is 13.3. The molecule has 1 fully saturated rings. The fourth-order valence-electron chi connectivity index (χ4n) is 3.33. The molecule has 0 unspecified atom stereocenters. The zero-order valence-corrected chi connectivity index (χ0v) is 19.8. The molecule has 174 valence electrons. The average Bonchev–Trinajstić information content (AvgIpc) is 2.78. The highest BCUT2D eigenvalue weighted by Gasteiger charge is 2.32. The first-order valence-electron chi connectivity index (χ1n) is 10.0. The lowest BCUT2D eigenvalue weighted by atomic mass is 10.2. The Morgan fingerprint density at radius 1 is 0.938 bits per heavy atom. The van der Waals surface area contributed by atoms with Crippen LogP contribution < -0.4 is 9.04 Å². The molecule has 0 bridgehead atoms. The number of hydrogen-bond acceptors (Lipinski definition) is 6. The molecule has 9 nitrogen and oxygen atoms in total. The van der Waals surface area contributed by atoms with Crippen LogP contribution in [0.1, 0.15) is 6.92 Å². The number of carbonyl (C=O) groups excluding carboxylic acids is 1. The lowest BCUT2D eigenvalue weighted by Crippen LogP contribution is -2.53. The van der Waals surface area contributed by atoms with Gasteiger partial charge in [0.1, 0.15) is 5.75 Å². The van der Waals surface area contributed by atoms with E-state index in [4.69, 9.17) is 4.74 Å². The molecule has 0 aliphatic carbocycles. The van der Waals surface area contributed by atoms with E-state index < -0.39 is 26.2 Å². The molecule has 3 rings (SSSR count). The molecular formula is C21H27N3O6S2. The van der Waals surface area contributed by atoms with Gasteiger partial charge in [0, 0.05) is 33.2 Å². The van der Waals surface area contributed by atoms with Gasteiger partial charge in [0.05, 0.1) is 16.8 Å². The molecule has 0 radical (unpaired) electrons. The molecule has 32 heavy (non-hydrogen) atoms. The van der Waals surface area contributed by atoms with Crippen LogP contribution in [0.5, 0.6) is 5.75 Å². The van der Waals surface area contributed by atoms with Gasteiger partial charge < -0.3 is 9.64 Å². The molecule has 2 aromatic rings. The summed E-state index contributed by atoms with van der Waals surface area (Å²) in [5.74, 6) is 0.195. The minimum atomic E-state index is -3.58. The van der Waals surface area contributed by atoms with E-state index in [0.717, 1.165) is 10.6 Å². The number of benzene rings is 2. The number of piperazine rings is 1. The molecule has 1 amide bonds. The standard InChI is InChI=1S/C21H27N3O6S2/c1-17(30-19-11-9-18(10-12-19)22(2)31(3,26)27)21(25)23-13-15-24(16-14-23)32(28,29)20-7-5-4-6-8-20/h4-12,17H,13-16H2,1-3H3/t17-/m1/s1. The van der Waals surface area contributed by atoms with Crippen molar-refractivity contribution in [1.82, 2.24) is 9.21 Å². The first kappa shape index (κ1) is 24.0. The number of rotatable bonds is 7. The molecule has 1 atom stereocenters. The van der Waals surface area contributed by atoms with Crippen molar-refractivity contribution >= 4 is 31.6 Å². The monoisotopic (exact) mass is 481 g/mol. The largest absolute Gasteiger partial charge is 0.481 e. The summed E-state index contributed by atoms with van der Waals surface area (Å²) in [5, 5.41) is 0. The number of ether oxygens (including phenoxy) is 1. The fourth-order valence-corrected chi connectivity index (χ4v) is 5.28. The Morgan fingerprint density at radius 3 is 2.03 bits per heavy atom. The van der Waals surface area contributed by atoms with Gasteiger partial charge in [-0.25, -0.2) is 16.8 Å². The van der Waals surface area contributed by atoms with Gasteiger partial charge in [0.2, 0.25) is 20.0 Å². The molecule has 0 spiro atoms. The molecule has 0 saturated carbocycles. The van der Waals surface area contributed by atoms with Crippen molar-refractivity contribution in [2.45, 2.75) is 17.9 Å². The van der Waals surface area contributed by atoms with Crippen molar-refractivity contribution in [3.8, 4) is 5.75 Å². The van der Waals surface area contributed by atoms with Gasteiger partial charge in [0.15, 0.2) is 6.10 Å². The fraction of sp³-hybridized carbons (Fsp3) is 0.381. The third-order valence-corrected chi connectivity index (χ3v) is 8.41. The predicted molar refractivity (Wildman–Crippen MR) is 122 cm³/mol. The van der Waals surface area contributed by atoms with Crippen LogP contribution in [-0.4, -0.2) is 77.5 Å². The van der Waals surface area contributed by atoms with Crippen molar-refractivity contribution in [3.63, 3.8) is 0 Å². The van der Waals surface area contributed by atoms with Crippen molar-refractivity contribution in [2.75, 3.05) is 43.8 Å². The van der Waals surface area contributed by atoms with E-state index in [9.17, 15) is 21.6 Å². The zero-order valence-electron chi connectivity index (χ0n) is 18.2. The number of nitrogens with zero attached hydrogens (tertiary/aromatic N) is 3. The summed E-state index contributed by atoms with van der Waals surface area (Å²) in [4.78, 5) is 14.6. The number of sulfonamides is 2. The Kier molecular flexibility index (Phi) is 7.11. The Bertz CT molecular complexity index is 1140. The van der Waals surface area contributed by atoms with Gasteiger partial charge in [0.25, 0.3) is 5.91 Å². The molecule has 1 heterocycles. The van der Waals surface area contributed by atoms with Crippen molar-refractivity contribution in [3.05, 3.63) is 54.6 Å². The highest BCUT2D eigenvalue weighted by molar-refractivity contribution is 7.92. The summed E-state index contributed by atoms with van der Waals surface area (Å²) in [5.41, 5.74) is 0.481. The zero-order chi connectivity index (χ0) is 23.5. The Labute approximate surface area is 189 Å². The topological polar surface area (TPSA) is 104 Å². The lowest BCUT2D eigenvalue weighted by molar-refractivity contribution is -0.139. The minimum Gasteiger partial charge on any atom is -0.481 e. The summed E-state index contributed by atoms with van der Waals surface area (Å²) in [7, 11) is -5.50. The van der Waals surface area contributed by atoms with Crippen LogP contribution in [0.15, 0.2) is 59.5 Å². The molecule has 1 aliphatic rings. The number of amides is 1. The van der Waals surface area contributed by atoms with Gasteiger partial charge in [-0.15, -0.1) is 0 Å². The summed E-state index contributed by atoms with van der Waals surface area (Å²) in [6.07, 6.45) is 0.342. The molecule has 2 aromatic carbocycles. The van der Waals surface area contributed by atoms with Crippen LogP contribution in [-0.2, 0) is 24.8 Å². The third-order valence-electron chi connectivity index (χ3n) is 5.29. The second kappa shape index (κ2) is 9.47. The van der Waals surface area contributed by atoms with E-state index in [1.54, 1.807) is 66.4 Å². The van der Waals surface area contributed by atoms with Gasteiger partial charge in [-0.2, -0.15) is 4.31 Å². The maximum absolute atomic E-state index is 12.8. The number of carbonyl (C=O) groups is 1. The van der Waals surface area contributed by atoms with E-state index in [0.29, 0.717) is 11.4 Å². The number of anilines is 1. The van der Waals surface area contributed by atoms with Gasteiger partial charge in [-0.3, -0.25) is 9.10 Å². The van der Waals surface area contributed by atoms with Crippen LogP contribution in [0, 0.1) is 0 Å². The second-order valence-corrected chi connectivity index (χ2v) is 11.5. The molecular weight excluding hydrogens is 454 g/mol. The molecule has 1 aliphatic heterocycles. The lowest BCUT2D eigenvalue weighted by Gasteiger charge is -2.35. The Hall–Kier alpha value is -2.63. The molecule has 0 aromatic heterocycles. The summed E-state index contributed by atoms with van der Waals surface area (Å²) in [6, 6.07) is 14.6. The van der Waals surface area contributed by atoms with E-state index in [1.807, 2.05) is 0 Å². The van der Waals surface area contributed by atoms with Gasteiger partial charge >= 0.3 is 0 Å². The minimum absolute atomic E-state index is 0.211. The molecule has 0 N–H and O–H groups in total. The average molecular weight is 482 g/mol. The third kappa shape index (κ3) is 5.40. The summed E-state index contributed by atoms with van der Waals surface area (Å²) in [6.45, 7) is 2.60. The van der Waals surface area contributed by atoms with Crippen molar-refractivity contribution < 1.29 is 26.4 Å². The van der Waals surface area contributed by atoms with Gasteiger partial charge in [-0.05, 0) is 43.3 Å². The maximum Gasteiger partial charge on any atom is 0.263 e. The smallest absolute Gasteiger partial charge is 0.263 e. The summed E-state index contributed by atoms with van der Waals surface area (Å²) >= 11 is 0. The predicted octanol–water partition coefficient (Wildman–Crippen LogP) is 1.38. The van der Waals surface area contributed by atoms with Crippen molar-refractivity contribution in [1.29, 1.82) is 0 Å². The number of hydrogen-bond donors (Lipinski definition) is 0. The quantitative estimate of drug-likeness (QED) is 0.592. The Morgan fingerprint density at radius 2 is 1.50 bits per heavy atom. The highest BCUT2D eigenvalue weighted by atomic mass is 32.2. The van der Waals surface area contributed by atoms with Crippen LogP contribution in [0.25, 0.3) is 0 Å².